The van der Waals surface area contributed by atoms with Gasteiger partial charge in [-0.15, -0.1) is 11.3 Å². The van der Waals surface area contributed by atoms with Crippen LogP contribution in [0.15, 0.2) is 5.38 Å². The molecule has 0 radical (unpaired) electrons. The molecule has 2 rings (SSSR count). The molecule has 128 valence electrons. The molecule has 1 unspecified atom stereocenters. The van der Waals surface area contributed by atoms with Crippen molar-refractivity contribution in [3.05, 3.63) is 16.1 Å². The van der Waals surface area contributed by atoms with Crippen LogP contribution >= 0.6 is 11.3 Å². The quantitative estimate of drug-likeness (QED) is 0.722. The Morgan fingerprint density at radius 1 is 1.39 bits per heavy atom. The van der Waals surface area contributed by atoms with E-state index in [1.807, 2.05) is 5.38 Å². The second-order valence-electron chi connectivity index (χ2n) is 6.86. The van der Waals surface area contributed by atoms with E-state index in [2.05, 4.69) is 41.7 Å². The van der Waals surface area contributed by atoms with E-state index in [4.69, 9.17) is 0 Å². The zero-order valence-corrected chi connectivity index (χ0v) is 14.9. The molecule has 1 saturated heterocycles. The molecular weight excluding hydrogens is 312 g/mol. The predicted molar refractivity (Wildman–Crippen MR) is 91.6 cm³/mol. The number of hydrogen-bond donors (Lipinski definition) is 3. The number of amides is 2. The van der Waals surface area contributed by atoms with Gasteiger partial charge in [0.15, 0.2) is 0 Å². The van der Waals surface area contributed by atoms with Crippen LogP contribution in [0.25, 0.3) is 0 Å². The van der Waals surface area contributed by atoms with Crippen molar-refractivity contribution >= 4 is 23.2 Å². The number of carbonyl (C=O) groups excluding carboxylic acids is 2. The first-order valence-electron chi connectivity index (χ1n) is 8.09. The molecule has 1 aliphatic heterocycles. The summed E-state index contributed by atoms with van der Waals surface area (Å²) < 4.78 is 0. The van der Waals surface area contributed by atoms with E-state index in [9.17, 15) is 9.59 Å². The molecule has 1 fully saturated rings. The molecule has 1 aromatic heterocycles. The second-order valence-corrected chi connectivity index (χ2v) is 7.72. The molecule has 1 atom stereocenters. The van der Waals surface area contributed by atoms with Crippen LogP contribution in [-0.4, -0.2) is 42.5 Å². The van der Waals surface area contributed by atoms with E-state index in [0.29, 0.717) is 13.0 Å². The monoisotopic (exact) mass is 338 g/mol. The third kappa shape index (κ3) is 5.58. The summed E-state index contributed by atoms with van der Waals surface area (Å²) in [5.74, 6) is -0.255. The second kappa shape index (κ2) is 7.88. The van der Waals surface area contributed by atoms with Crippen molar-refractivity contribution in [1.29, 1.82) is 0 Å². The van der Waals surface area contributed by atoms with Crippen LogP contribution in [0.2, 0.25) is 0 Å². The molecule has 1 aliphatic rings. The average molecular weight is 338 g/mol. The zero-order valence-electron chi connectivity index (χ0n) is 14.1. The van der Waals surface area contributed by atoms with Crippen LogP contribution in [0.1, 0.15) is 44.3 Å². The summed E-state index contributed by atoms with van der Waals surface area (Å²) in [4.78, 5) is 28.1. The SMILES string of the molecule is CC(C)(C)c1nc(CCNC(=O)CNC(=O)C2CCCN2)cs1. The lowest BCUT2D eigenvalue weighted by Gasteiger charge is -2.13. The van der Waals surface area contributed by atoms with E-state index in [0.717, 1.165) is 30.1 Å². The summed E-state index contributed by atoms with van der Waals surface area (Å²) in [5.41, 5.74) is 1.06. The number of carbonyl (C=O) groups is 2. The van der Waals surface area contributed by atoms with E-state index >= 15 is 0 Å². The fraction of sp³-hybridized carbons (Fsp3) is 0.688. The van der Waals surface area contributed by atoms with Gasteiger partial charge in [-0.3, -0.25) is 9.59 Å². The largest absolute Gasteiger partial charge is 0.354 e. The zero-order chi connectivity index (χ0) is 16.9. The third-order valence-corrected chi connectivity index (χ3v) is 5.01. The summed E-state index contributed by atoms with van der Waals surface area (Å²) in [6.07, 6.45) is 2.55. The molecule has 3 N–H and O–H groups in total. The van der Waals surface area contributed by atoms with Gasteiger partial charge in [-0.05, 0) is 19.4 Å². The lowest BCUT2D eigenvalue weighted by molar-refractivity contribution is -0.127. The van der Waals surface area contributed by atoms with Crippen molar-refractivity contribution < 1.29 is 9.59 Å². The molecule has 1 aromatic rings. The Morgan fingerprint density at radius 3 is 2.78 bits per heavy atom. The van der Waals surface area contributed by atoms with Crippen LogP contribution in [0, 0.1) is 0 Å². The molecular formula is C16H26N4O2S. The molecule has 2 heterocycles. The fourth-order valence-corrected chi connectivity index (χ4v) is 3.30. The topological polar surface area (TPSA) is 83.1 Å². The summed E-state index contributed by atoms with van der Waals surface area (Å²) in [6.45, 7) is 7.84. The number of thiazole rings is 1. The first kappa shape index (κ1) is 17.9. The van der Waals surface area contributed by atoms with Crippen LogP contribution in [-0.2, 0) is 21.4 Å². The number of rotatable bonds is 6. The van der Waals surface area contributed by atoms with Crippen molar-refractivity contribution in [2.75, 3.05) is 19.6 Å². The maximum Gasteiger partial charge on any atom is 0.239 e. The fourth-order valence-electron chi connectivity index (χ4n) is 2.36. The predicted octanol–water partition coefficient (Wildman–Crippen LogP) is 0.968. The molecule has 0 saturated carbocycles. The minimum atomic E-state index is -0.164. The molecule has 0 aliphatic carbocycles. The Labute approximate surface area is 141 Å². The highest BCUT2D eigenvalue weighted by Gasteiger charge is 2.22. The van der Waals surface area contributed by atoms with Crippen LogP contribution in [0.5, 0.6) is 0 Å². The van der Waals surface area contributed by atoms with Gasteiger partial charge in [0.1, 0.15) is 0 Å². The van der Waals surface area contributed by atoms with Crippen LogP contribution in [0.3, 0.4) is 0 Å². The van der Waals surface area contributed by atoms with Gasteiger partial charge >= 0.3 is 0 Å². The van der Waals surface area contributed by atoms with Gasteiger partial charge in [-0.25, -0.2) is 4.98 Å². The number of nitrogens with zero attached hydrogens (tertiary/aromatic N) is 1. The van der Waals surface area contributed by atoms with Gasteiger partial charge in [-0.2, -0.15) is 0 Å². The highest BCUT2D eigenvalue weighted by molar-refractivity contribution is 7.09. The molecule has 0 bridgehead atoms. The van der Waals surface area contributed by atoms with E-state index in [1.54, 1.807) is 11.3 Å². The minimum Gasteiger partial charge on any atom is -0.354 e. The summed E-state index contributed by atoms with van der Waals surface area (Å²) in [7, 11) is 0. The van der Waals surface area contributed by atoms with E-state index < -0.39 is 0 Å². The lowest BCUT2D eigenvalue weighted by Crippen LogP contribution is -2.44. The average Bonchev–Trinajstić information content (AvgIpc) is 3.15. The molecule has 7 heteroatoms. The van der Waals surface area contributed by atoms with Gasteiger partial charge in [0.05, 0.1) is 23.3 Å². The van der Waals surface area contributed by atoms with Crippen LogP contribution < -0.4 is 16.0 Å². The normalized spacial score (nSPS) is 18.0. The summed E-state index contributed by atoms with van der Waals surface area (Å²) >= 11 is 1.66. The van der Waals surface area contributed by atoms with Crippen molar-refractivity contribution in [2.24, 2.45) is 0 Å². The first-order chi connectivity index (χ1) is 10.9. The Morgan fingerprint density at radius 2 is 2.17 bits per heavy atom. The van der Waals surface area contributed by atoms with E-state index in [-0.39, 0.29) is 29.8 Å². The lowest BCUT2D eigenvalue weighted by atomic mass is 9.98. The Kier molecular flexibility index (Phi) is 6.12. The Hall–Kier alpha value is -1.47. The van der Waals surface area contributed by atoms with Crippen molar-refractivity contribution in [1.82, 2.24) is 20.9 Å². The first-order valence-corrected chi connectivity index (χ1v) is 8.97. The molecule has 0 spiro atoms. The van der Waals surface area contributed by atoms with E-state index in [1.165, 1.54) is 0 Å². The van der Waals surface area contributed by atoms with Gasteiger partial charge in [0.25, 0.3) is 0 Å². The van der Waals surface area contributed by atoms with Crippen molar-refractivity contribution in [3.8, 4) is 0 Å². The Balaban J connectivity index is 1.64. The molecule has 0 aromatic carbocycles. The maximum atomic E-state index is 11.8. The van der Waals surface area contributed by atoms with Gasteiger partial charge in [-0.1, -0.05) is 20.8 Å². The number of nitrogens with one attached hydrogen (secondary N) is 3. The minimum absolute atomic E-state index is 0.0291. The van der Waals surface area contributed by atoms with Gasteiger partial charge < -0.3 is 16.0 Å². The summed E-state index contributed by atoms with van der Waals surface area (Å²) in [6, 6.07) is -0.145. The van der Waals surface area contributed by atoms with Crippen LogP contribution in [0.4, 0.5) is 0 Å². The van der Waals surface area contributed by atoms with Gasteiger partial charge in [0, 0.05) is 23.8 Å². The molecule has 2 amide bonds. The highest BCUT2D eigenvalue weighted by Crippen LogP contribution is 2.25. The molecule has 6 nitrogen and oxygen atoms in total. The smallest absolute Gasteiger partial charge is 0.239 e. The standard InChI is InChI=1S/C16H26N4O2S/c1-16(2,3)15-20-11(10-23-15)6-8-18-13(21)9-19-14(22)12-5-4-7-17-12/h10,12,17H,4-9H2,1-3H3,(H,18,21)(H,19,22). The molecule has 23 heavy (non-hydrogen) atoms. The Bertz CT molecular complexity index is 545. The third-order valence-electron chi connectivity index (χ3n) is 3.70. The highest BCUT2D eigenvalue weighted by atomic mass is 32.1. The maximum absolute atomic E-state index is 11.8. The van der Waals surface area contributed by atoms with Gasteiger partial charge in [0.2, 0.25) is 11.8 Å². The number of hydrogen-bond acceptors (Lipinski definition) is 5. The van der Waals surface area contributed by atoms with Crippen molar-refractivity contribution in [2.45, 2.75) is 51.5 Å². The number of aromatic nitrogens is 1. The summed E-state index contributed by atoms with van der Waals surface area (Å²) in [5, 5.41) is 11.7. The van der Waals surface area contributed by atoms with Crippen molar-refractivity contribution in [3.63, 3.8) is 0 Å².